The van der Waals surface area contributed by atoms with E-state index < -0.39 is 0 Å². The average Bonchev–Trinajstić information content (AvgIpc) is 2.82. The Morgan fingerprint density at radius 1 is 0.938 bits per heavy atom. The molecule has 0 amide bonds. The highest BCUT2D eigenvalue weighted by Gasteiger charge is 2.21. The maximum atomic E-state index is 11.9. The summed E-state index contributed by atoms with van der Waals surface area (Å²) in [6.07, 6.45) is 18.3. The SMILES string of the molecule is CCCCCCOC(=O)C=Cc1ccc(OCC2CCC(CCCCC)CC2)c(OC)c1. The van der Waals surface area contributed by atoms with Crippen LogP contribution in [-0.4, -0.2) is 26.3 Å². The van der Waals surface area contributed by atoms with Crippen LogP contribution >= 0.6 is 0 Å². The monoisotopic (exact) mass is 444 g/mol. The number of methoxy groups -OCH3 is 1. The summed E-state index contributed by atoms with van der Waals surface area (Å²) >= 11 is 0. The van der Waals surface area contributed by atoms with E-state index in [0.717, 1.165) is 36.7 Å². The lowest BCUT2D eigenvalue weighted by Gasteiger charge is -2.28. The third-order valence-corrected chi connectivity index (χ3v) is 6.50. The van der Waals surface area contributed by atoms with Crippen LogP contribution in [0, 0.1) is 11.8 Å². The molecule has 4 nitrogen and oxygen atoms in total. The molecule has 1 saturated carbocycles. The molecule has 180 valence electrons. The lowest BCUT2D eigenvalue weighted by atomic mass is 9.80. The second-order valence-corrected chi connectivity index (χ2v) is 9.17. The zero-order valence-electron chi connectivity index (χ0n) is 20.6. The highest BCUT2D eigenvalue weighted by atomic mass is 16.5. The van der Waals surface area contributed by atoms with Gasteiger partial charge in [0.1, 0.15) is 0 Å². The van der Waals surface area contributed by atoms with Gasteiger partial charge in [-0.3, -0.25) is 0 Å². The third-order valence-electron chi connectivity index (χ3n) is 6.50. The van der Waals surface area contributed by atoms with Crippen LogP contribution in [0.5, 0.6) is 11.5 Å². The van der Waals surface area contributed by atoms with Crippen molar-refractivity contribution in [1.29, 1.82) is 0 Å². The van der Waals surface area contributed by atoms with Crippen LogP contribution in [0.15, 0.2) is 24.3 Å². The first-order valence-electron chi connectivity index (χ1n) is 12.8. The first-order chi connectivity index (χ1) is 15.7. The predicted octanol–water partition coefficient (Wildman–Crippen LogP) is 7.60. The Hall–Kier alpha value is -1.97. The van der Waals surface area contributed by atoms with Crippen molar-refractivity contribution in [2.75, 3.05) is 20.3 Å². The standard InChI is InChI=1S/C28H44O4/c1-4-6-8-10-20-31-28(29)19-17-24-16-18-26(27(21-24)30-3)32-22-25-14-12-23(13-15-25)11-9-7-5-2/h16-19,21,23,25H,4-15,20,22H2,1-3H3. The second-order valence-electron chi connectivity index (χ2n) is 9.17. The van der Waals surface area contributed by atoms with Gasteiger partial charge < -0.3 is 14.2 Å². The first-order valence-corrected chi connectivity index (χ1v) is 12.8. The molecule has 0 atom stereocenters. The van der Waals surface area contributed by atoms with Gasteiger partial charge in [-0.2, -0.15) is 0 Å². The van der Waals surface area contributed by atoms with Crippen LogP contribution in [0.4, 0.5) is 0 Å². The Morgan fingerprint density at radius 2 is 1.66 bits per heavy atom. The van der Waals surface area contributed by atoms with Crippen molar-refractivity contribution in [3.8, 4) is 11.5 Å². The van der Waals surface area contributed by atoms with E-state index in [-0.39, 0.29) is 5.97 Å². The molecule has 0 unspecified atom stereocenters. The number of esters is 1. The average molecular weight is 445 g/mol. The normalized spacial score (nSPS) is 18.6. The Morgan fingerprint density at radius 3 is 2.38 bits per heavy atom. The van der Waals surface area contributed by atoms with E-state index >= 15 is 0 Å². The minimum Gasteiger partial charge on any atom is -0.493 e. The van der Waals surface area contributed by atoms with Crippen LogP contribution in [0.2, 0.25) is 0 Å². The molecule has 1 aromatic carbocycles. The molecule has 2 rings (SSSR count). The van der Waals surface area contributed by atoms with Crippen molar-refractivity contribution < 1.29 is 19.0 Å². The number of hydrogen-bond donors (Lipinski definition) is 0. The molecular weight excluding hydrogens is 400 g/mol. The maximum Gasteiger partial charge on any atom is 0.330 e. The van der Waals surface area contributed by atoms with Gasteiger partial charge in [-0.25, -0.2) is 4.79 Å². The van der Waals surface area contributed by atoms with Crippen molar-refractivity contribution >= 4 is 12.0 Å². The van der Waals surface area contributed by atoms with Crippen LogP contribution in [0.3, 0.4) is 0 Å². The number of carbonyl (C=O) groups excluding carboxylic acids is 1. The van der Waals surface area contributed by atoms with Crippen LogP contribution < -0.4 is 9.47 Å². The van der Waals surface area contributed by atoms with Crippen molar-refractivity contribution in [3.63, 3.8) is 0 Å². The number of hydrogen-bond acceptors (Lipinski definition) is 4. The Labute approximate surface area is 195 Å². The fraction of sp³-hybridized carbons (Fsp3) is 0.679. The van der Waals surface area contributed by atoms with Crippen molar-refractivity contribution in [2.45, 2.75) is 90.9 Å². The number of rotatable bonds is 15. The number of ether oxygens (including phenoxy) is 3. The summed E-state index contributed by atoms with van der Waals surface area (Å²) < 4.78 is 16.9. The van der Waals surface area contributed by atoms with E-state index in [2.05, 4.69) is 13.8 Å². The van der Waals surface area contributed by atoms with Crippen molar-refractivity contribution in [3.05, 3.63) is 29.8 Å². The summed E-state index contributed by atoms with van der Waals surface area (Å²) in [6.45, 7) is 5.67. The Bertz CT molecular complexity index is 674. The smallest absolute Gasteiger partial charge is 0.330 e. The molecule has 4 heteroatoms. The molecule has 0 aromatic heterocycles. The highest BCUT2D eigenvalue weighted by Crippen LogP contribution is 2.34. The van der Waals surface area contributed by atoms with Crippen molar-refractivity contribution in [1.82, 2.24) is 0 Å². The molecule has 32 heavy (non-hydrogen) atoms. The van der Waals surface area contributed by atoms with E-state index in [1.807, 2.05) is 18.2 Å². The predicted molar refractivity (Wildman–Crippen MR) is 132 cm³/mol. The number of benzene rings is 1. The van der Waals surface area contributed by atoms with Gasteiger partial charge in [0.05, 0.1) is 20.3 Å². The van der Waals surface area contributed by atoms with Crippen LogP contribution in [0.1, 0.15) is 96.5 Å². The minimum absolute atomic E-state index is 0.300. The zero-order valence-corrected chi connectivity index (χ0v) is 20.6. The van der Waals surface area contributed by atoms with Gasteiger partial charge in [0.2, 0.25) is 0 Å². The molecule has 1 aliphatic rings. The summed E-state index contributed by atoms with van der Waals surface area (Å²) in [5, 5.41) is 0. The maximum absolute atomic E-state index is 11.9. The fourth-order valence-electron chi connectivity index (χ4n) is 4.40. The zero-order chi connectivity index (χ0) is 23.0. The largest absolute Gasteiger partial charge is 0.493 e. The molecule has 0 saturated heterocycles. The summed E-state index contributed by atoms with van der Waals surface area (Å²) in [6, 6.07) is 5.80. The molecule has 0 radical (unpaired) electrons. The summed E-state index contributed by atoms with van der Waals surface area (Å²) in [5.74, 6) is 2.72. The summed E-state index contributed by atoms with van der Waals surface area (Å²) in [7, 11) is 1.65. The van der Waals surface area contributed by atoms with E-state index in [1.165, 1.54) is 70.3 Å². The molecule has 1 aliphatic carbocycles. The minimum atomic E-state index is -0.300. The number of unbranched alkanes of at least 4 members (excludes halogenated alkanes) is 5. The topological polar surface area (TPSA) is 44.8 Å². The lowest BCUT2D eigenvalue weighted by molar-refractivity contribution is -0.137. The molecule has 0 heterocycles. The van der Waals surface area contributed by atoms with E-state index in [4.69, 9.17) is 14.2 Å². The lowest BCUT2D eigenvalue weighted by Crippen LogP contribution is -2.20. The van der Waals surface area contributed by atoms with E-state index in [1.54, 1.807) is 13.2 Å². The Balaban J connectivity index is 1.75. The highest BCUT2D eigenvalue weighted by molar-refractivity contribution is 5.87. The molecule has 0 N–H and O–H groups in total. The second kappa shape index (κ2) is 15.8. The van der Waals surface area contributed by atoms with Gasteiger partial charge in [-0.05, 0) is 54.9 Å². The molecule has 0 aliphatic heterocycles. The van der Waals surface area contributed by atoms with Crippen LogP contribution in [-0.2, 0) is 9.53 Å². The van der Waals surface area contributed by atoms with Gasteiger partial charge in [-0.15, -0.1) is 0 Å². The fourth-order valence-corrected chi connectivity index (χ4v) is 4.40. The van der Waals surface area contributed by atoms with Gasteiger partial charge in [-0.1, -0.05) is 77.7 Å². The molecular formula is C28H44O4. The van der Waals surface area contributed by atoms with Crippen molar-refractivity contribution in [2.24, 2.45) is 11.8 Å². The molecule has 0 spiro atoms. The van der Waals surface area contributed by atoms with Gasteiger partial charge >= 0.3 is 5.97 Å². The third kappa shape index (κ3) is 10.1. The Kier molecular flexibility index (Phi) is 13.0. The quantitative estimate of drug-likeness (QED) is 0.159. The van der Waals surface area contributed by atoms with Gasteiger partial charge in [0.25, 0.3) is 0 Å². The number of carbonyl (C=O) groups is 1. The molecule has 0 bridgehead atoms. The molecule has 1 aromatic rings. The summed E-state index contributed by atoms with van der Waals surface area (Å²) in [5.41, 5.74) is 0.893. The van der Waals surface area contributed by atoms with Crippen LogP contribution in [0.25, 0.3) is 6.08 Å². The van der Waals surface area contributed by atoms with Gasteiger partial charge in [0, 0.05) is 6.08 Å². The molecule has 1 fully saturated rings. The van der Waals surface area contributed by atoms with E-state index in [0.29, 0.717) is 18.3 Å². The first kappa shape index (κ1) is 26.3. The summed E-state index contributed by atoms with van der Waals surface area (Å²) in [4.78, 5) is 11.9. The van der Waals surface area contributed by atoms with E-state index in [9.17, 15) is 4.79 Å². The van der Waals surface area contributed by atoms with Gasteiger partial charge in [0.15, 0.2) is 11.5 Å².